The van der Waals surface area contributed by atoms with Gasteiger partial charge in [-0.2, -0.15) is 0 Å². The van der Waals surface area contributed by atoms with Gasteiger partial charge in [-0.05, 0) is 6.07 Å². The Labute approximate surface area is 123 Å². The summed E-state index contributed by atoms with van der Waals surface area (Å²) >= 11 is 1.43. The average molecular weight is 302 g/mol. The predicted molar refractivity (Wildman–Crippen MR) is 76.6 cm³/mol. The van der Waals surface area contributed by atoms with Gasteiger partial charge in [-0.1, -0.05) is 0 Å². The fourth-order valence-corrected chi connectivity index (χ4v) is 2.53. The molecule has 3 aromatic rings. The number of aromatic nitrogens is 2. The molecular weight excluding hydrogens is 292 g/mol. The number of rotatable bonds is 4. The predicted octanol–water partition coefficient (Wildman–Crippen LogP) is 3.17. The minimum atomic E-state index is -1.03. The van der Waals surface area contributed by atoms with Crippen molar-refractivity contribution in [2.75, 3.05) is 7.11 Å². The lowest BCUT2D eigenvalue weighted by Gasteiger charge is -1.98. The first-order valence-electron chi connectivity index (χ1n) is 5.95. The number of methoxy groups -OCH3 is 1. The van der Waals surface area contributed by atoms with Crippen molar-refractivity contribution in [2.24, 2.45) is 0 Å². The van der Waals surface area contributed by atoms with Crippen LogP contribution in [0, 0.1) is 0 Å². The van der Waals surface area contributed by atoms with Crippen LogP contribution in [0.5, 0.6) is 5.88 Å². The minimum absolute atomic E-state index is 0.102. The van der Waals surface area contributed by atoms with E-state index in [0.29, 0.717) is 17.3 Å². The molecule has 3 rings (SSSR count). The number of thiazole rings is 1. The molecule has 6 nitrogen and oxygen atoms in total. The number of nitrogens with zero attached hydrogens (tertiary/aromatic N) is 2. The fourth-order valence-electron chi connectivity index (χ4n) is 1.73. The number of ether oxygens (including phenoxy) is 1. The zero-order valence-corrected chi connectivity index (χ0v) is 11.8. The van der Waals surface area contributed by atoms with Gasteiger partial charge in [0.1, 0.15) is 17.0 Å². The van der Waals surface area contributed by atoms with Gasteiger partial charge in [0.2, 0.25) is 5.88 Å². The molecule has 0 fully saturated rings. The maximum absolute atomic E-state index is 10.8. The van der Waals surface area contributed by atoms with Crippen molar-refractivity contribution >= 4 is 17.3 Å². The van der Waals surface area contributed by atoms with Crippen LogP contribution in [-0.2, 0) is 0 Å². The Morgan fingerprint density at radius 2 is 2.29 bits per heavy atom. The van der Waals surface area contributed by atoms with Crippen LogP contribution in [0.4, 0.5) is 0 Å². The van der Waals surface area contributed by atoms with Gasteiger partial charge in [-0.3, -0.25) is 0 Å². The Kier molecular flexibility index (Phi) is 3.41. The normalized spacial score (nSPS) is 10.5. The molecular formula is C14H10N2O4S. The lowest BCUT2D eigenvalue weighted by Crippen LogP contribution is -1.91. The second kappa shape index (κ2) is 5.37. The molecule has 0 radical (unpaired) electrons. The lowest BCUT2D eigenvalue weighted by molar-refractivity contribution is 0.0696. The highest BCUT2D eigenvalue weighted by molar-refractivity contribution is 7.13. The third kappa shape index (κ3) is 2.63. The van der Waals surface area contributed by atoms with Crippen molar-refractivity contribution < 1.29 is 19.1 Å². The quantitative estimate of drug-likeness (QED) is 0.796. The SMILES string of the molecule is COc1ccc(-c2nc(-c3cc(C(=O)O)co3)cs2)cn1. The number of pyridine rings is 1. The van der Waals surface area contributed by atoms with Crippen LogP contribution in [0.15, 0.2) is 40.5 Å². The van der Waals surface area contributed by atoms with Crippen molar-refractivity contribution in [3.63, 3.8) is 0 Å². The van der Waals surface area contributed by atoms with Gasteiger partial charge in [0.05, 0.1) is 12.7 Å². The molecule has 0 aliphatic carbocycles. The largest absolute Gasteiger partial charge is 0.481 e. The summed E-state index contributed by atoms with van der Waals surface area (Å²) in [7, 11) is 1.56. The van der Waals surface area contributed by atoms with Crippen molar-refractivity contribution in [1.29, 1.82) is 0 Å². The maximum atomic E-state index is 10.8. The van der Waals surface area contributed by atoms with E-state index in [1.807, 2.05) is 11.4 Å². The first kappa shape index (κ1) is 13.3. The van der Waals surface area contributed by atoms with E-state index in [9.17, 15) is 4.79 Å². The molecule has 0 saturated carbocycles. The highest BCUT2D eigenvalue weighted by atomic mass is 32.1. The summed E-state index contributed by atoms with van der Waals surface area (Å²) in [5.41, 5.74) is 1.56. The van der Waals surface area contributed by atoms with Gasteiger partial charge < -0.3 is 14.3 Å². The number of aromatic carboxylic acids is 1. The second-order valence-corrected chi connectivity index (χ2v) is 4.99. The van der Waals surface area contributed by atoms with E-state index in [1.54, 1.807) is 19.4 Å². The summed E-state index contributed by atoms with van der Waals surface area (Å²) < 4.78 is 10.2. The molecule has 0 atom stereocenters. The third-order valence-electron chi connectivity index (χ3n) is 2.80. The van der Waals surface area contributed by atoms with Crippen LogP contribution < -0.4 is 4.74 Å². The Hall–Kier alpha value is -2.67. The molecule has 3 aromatic heterocycles. The molecule has 0 bridgehead atoms. The van der Waals surface area contributed by atoms with Crippen LogP contribution in [0.1, 0.15) is 10.4 Å². The van der Waals surface area contributed by atoms with E-state index < -0.39 is 5.97 Å². The molecule has 0 spiro atoms. The minimum Gasteiger partial charge on any atom is -0.481 e. The Morgan fingerprint density at radius 3 is 2.90 bits per heavy atom. The van der Waals surface area contributed by atoms with Crippen LogP contribution >= 0.6 is 11.3 Å². The van der Waals surface area contributed by atoms with E-state index in [2.05, 4.69) is 9.97 Å². The molecule has 3 heterocycles. The molecule has 0 aromatic carbocycles. The summed E-state index contributed by atoms with van der Waals surface area (Å²) in [6.07, 6.45) is 2.87. The van der Waals surface area contributed by atoms with Crippen molar-refractivity contribution in [3.05, 3.63) is 41.6 Å². The second-order valence-electron chi connectivity index (χ2n) is 4.13. The van der Waals surface area contributed by atoms with Crippen LogP contribution in [0.2, 0.25) is 0 Å². The lowest BCUT2D eigenvalue weighted by atomic mass is 10.3. The summed E-state index contributed by atoms with van der Waals surface area (Å²) in [5.74, 6) is -0.0659. The van der Waals surface area contributed by atoms with E-state index in [0.717, 1.165) is 10.6 Å². The van der Waals surface area contributed by atoms with Crippen molar-refractivity contribution in [1.82, 2.24) is 9.97 Å². The molecule has 0 aliphatic rings. The fraction of sp³-hybridized carbons (Fsp3) is 0.0714. The number of carboxylic acid groups (broad SMARTS) is 1. The van der Waals surface area contributed by atoms with E-state index in [-0.39, 0.29) is 5.56 Å². The Morgan fingerprint density at radius 1 is 1.43 bits per heavy atom. The van der Waals surface area contributed by atoms with Gasteiger partial charge >= 0.3 is 5.97 Å². The number of hydrogen-bond donors (Lipinski definition) is 1. The molecule has 0 unspecified atom stereocenters. The molecule has 1 N–H and O–H groups in total. The third-order valence-corrected chi connectivity index (χ3v) is 3.69. The average Bonchev–Trinajstić information content (AvgIpc) is 3.16. The van der Waals surface area contributed by atoms with E-state index in [1.165, 1.54) is 23.7 Å². The summed E-state index contributed by atoms with van der Waals surface area (Å²) in [6.45, 7) is 0. The molecule has 7 heteroatoms. The van der Waals surface area contributed by atoms with Gasteiger partial charge in [0.25, 0.3) is 0 Å². The van der Waals surface area contributed by atoms with Gasteiger partial charge in [-0.15, -0.1) is 11.3 Å². The Balaban J connectivity index is 1.89. The zero-order chi connectivity index (χ0) is 14.8. The van der Waals surface area contributed by atoms with Crippen LogP contribution in [0.25, 0.3) is 22.0 Å². The highest BCUT2D eigenvalue weighted by Gasteiger charge is 2.13. The number of furan rings is 1. The summed E-state index contributed by atoms with van der Waals surface area (Å²) in [4.78, 5) is 19.4. The smallest absolute Gasteiger partial charge is 0.338 e. The van der Waals surface area contributed by atoms with Crippen molar-refractivity contribution in [3.8, 4) is 27.9 Å². The van der Waals surface area contributed by atoms with Gasteiger partial charge in [0, 0.05) is 29.3 Å². The molecule has 21 heavy (non-hydrogen) atoms. The molecule has 0 amide bonds. The number of carboxylic acids is 1. The number of carbonyl (C=O) groups is 1. The van der Waals surface area contributed by atoms with Crippen molar-refractivity contribution in [2.45, 2.75) is 0 Å². The monoisotopic (exact) mass is 302 g/mol. The van der Waals surface area contributed by atoms with Gasteiger partial charge in [-0.25, -0.2) is 14.8 Å². The first-order valence-corrected chi connectivity index (χ1v) is 6.83. The van der Waals surface area contributed by atoms with Gasteiger partial charge in [0.15, 0.2) is 5.76 Å². The summed E-state index contributed by atoms with van der Waals surface area (Å²) in [5, 5.41) is 11.5. The van der Waals surface area contributed by atoms with Crippen LogP contribution in [0.3, 0.4) is 0 Å². The molecule has 0 aliphatic heterocycles. The van der Waals surface area contributed by atoms with Crippen LogP contribution in [-0.4, -0.2) is 28.2 Å². The summed E-state index contributed by atoms with van der Waals surface area (Å²) in [6, 6.07) is 5.07. The molecule has 106 valence electrons. The number of hydrogen-bond acceptors (Lipinski definition) is 6. The topological polar surface area (TPSA) is 85.5 Å². The van der Waals surface area contributed by atoms with E-state index in [4.69, 9.17) is 14.3 Å². The molecule has 0 saturated heterocycles. The van der Waals surface area contributed by atoms with E-state index >= 15 is 0 Å². The Bertz CT molecular complexity index is 776. The first-order chi connectivity index (χ1) is 10.2. The highest BCUT2D eigenvalue weighted by Crippen LogP contribution is 2.30. The standard InChI is InChI=1S/C14H10N2O4S/c1-19-12-3-2-8(5-15-12)13-16-10(7-21-13)11-4-9(6-20-11)14(17)18/h2-7H,1H3,(H,17,18). The zero-order valence-electron chi connectivity index (χ0n) is 10.9. The maximum Gasteiger partial charge on any atom is 0.338 e.